The summed E-state index contributed by atoms with van der Waals surface area (Å²) < 4.78 is 1.21. The van der Waals surface area contributed by atoms with E-state index in [9.17, 15) is 9.90 Å². The van der Waals surface area contributed by atoms with Gasteiger partial charge in [0.15, 0.2) is 5.16 Å². The van der Waals surface area contributed by atoms with Gasteiger partial charge >= 0.3 is 0 Å². The molecule has 1 aromatic heterocycles. The summed E-state index contributed by atoms with van der Waals surface area (Å²) in [5, 5.41) is 22.0. The Labute approximate surface area is 145 Å². The molecule has 0 radical (unpaired) electrons. The van der Waals surface area contributed by atoms with Crippen molar-refractivity contribution < 1.29 is 9.90 Å². The lowest BCUT2D eigenvalue weighted by atomic mass is 10.1. The van der Waals surface area contributed by atoms with E-state index >= 15 is 0 Å². The Bertz CT molecular complexity index is 887. The Hall–Kier alpha value is -1.86. The molecule has 3 rings (SSSR count). The fourth-order valence-electron chi connectivity index (χ4n) is 2.19. The highest BCUT2D eigenvalue weighted by Gasteiger charge is 2.26. The number of nitrogens with zero attached hydrogens (tertiary/aromatic N) is 3. The van der Waals surface area contributed by atoms with Gasteiger partial charge in [-0.05, 0) is 41.2 Å². The van der Waals surface area contributed by atoms with Crippen LogP contribution in [0.15, 0.2) is 52.4 Å². The van der Waals surface area contributed by atoms with E-state index in [2.05, 4.69) is 26.1 Å². The summed E-state index contributed by atoms with van der Waals surface area (Å²) in [6.07, 6.45) is 0. The number of thioether (sulfide) groups is 1. The molecule has 0 aliphatic heterocycles. The first-order valence-corrected chi connectivity index (χ1v) is 8.50. The van der Waals surface area contributed by atoms with E-state index in [4.69, 9.17) is 0 Å². The second kappa shape index (κ2) is 5.98. The van der Waals surface area contributed by atoms with Gasteiger partial charge in [0, 0.05) is 5.39 Å². The smallest absolute Gasteiger partial charge is 0.205 e. The lowest BCUT2D eigenvalue weighted by molar-refractivity contribution is -0.308. The summed E-state index contributed by atoms with van der Waals surface area (Å²) >= 11 is 4.50. The maximum Gasteiger partial charge on any atom is 0.205 e. The lowest BCUT2D eigenvalue weighted by Gasteiger charge is -2.24. The van der Waals surface area contributed by atoms with Crippen molar-refractivity contribution in [1.29, 1.82) is 0 Å². The van der Waals surface area contributed by atoms with Crippen molar-refractivity contribution in [2.75, 3.05) is 0 Å². The quantitative estimate of drug-likeness (QED) is 0.640. The van der Waals surface area contributed by atoms with E-state index in [0.29, 0.717) is 9.89 Å². The van der Waals surface area contributed by atoms with Crippen molar-refractivity contribution in [2.24, 2.45) is 0 Å². The average molecular weight is 391 g/mol. The van der Waals surface area contributed by atoms with E-state index in [1.54, 1.807) is 18.4 Å². The minimum absolute atomic E-state index is 0.488. The predicted molar refractivity (Wildman–Crippen MR) is 91.5 cm³/mol. The van der Waals surface area contributed by atoms with Crippen LogP contribution >= 0.6 is 27.7 Å². The van der Waals surface area contributed by atoms with Gasteiger partial charge in [0.05, 0.1) is 16.4 Å². The molecule has 0 unspecified atom stereocenters. The van der Waals surface area contributed by atoms with E-state index in [1.807, 2.05) is 42.5 Å². The molecule has 0 fully saturated rings. The van der Waals surface area contributed by atoms with Crippen molar-refractivity contribution in [3.63, 3.8) is 0 Å². The van der Waals surface area contributed by atoms with Crippen LogP contribution in [0, 0.1) is 0 Å². The number of benzene rings is 2. The summed E-state index contributed by atoms with van der Waals surface area (Å²) in [6.45, 7) is 3.17. The van der Waals surface area contributed by atoms with Gasteiger partial charge in [-0.15, -0.1) is 10.2 Å². The average Bonchev–Trinajstić information content (AvgIpc) is 2.86. The van der Waals surface area contributed by atoms with Crippen LogP contribution in [0.4, 0.5) is 0 Å². The molecule has 0 amide bonds. The van der Waals surface area contributed by atoms with Crippen LogP contribution in [0.25, 0.3) is 16.5 Å². The van der Waals surface area contributed by atoms with Gasteiger partial charge in [0.2, 0.25) is 4.73 Å². The molecule has 0 atom stereocenters. The van der Waals surface area contributed by atoms with Gasteiger partial charge in [0.1, 0.15) is 0 Å². The van der Waals surface area contributed by atoms with E-state index in [1.165, 1.54) is 0 Å². The van der Waals surface area contributed by atoms with Crippen LogP contribution in [0.2, 0.25) is 0 Å². The third-order valence-corrected chi connectivity index (χ3v) is 5.08. The van der Waals surface area contributed by atoms with Gasteiger partial charge in [0.25, 0.3) is 0 Å². The van der Waals surface area contributed by atoms with Gasteiger partial charge in [-0.2, -0.15) is 0 Å². The highest BCUT2D eigenvalue weighted by molar-refractivity contribution is 9.10. The number of carbonyl (C=O) groups is 1. The monoisotopic (exact) mass is 390 g/mol. The minimum Gasteiger partial charge on any atom is -0.549 e. The molecular weight excluding hydrogens is 378 g/mol. The number of hydrogen-bond donors (Lipinski definition) is 0. The number of carboxylic acids is 1. The zero-order valence-electron chi connectivity index (χ0n) is 12.5. The first-order chi connectivity index (χ1) is 10.9. The number of carbonyl (C=O) groups excluding carboxylic acids is 1. The van der Waals surface area contributed by atoms with Crippen molar-refractivity contribution in [3.05, 3.63) is 47.2 Å². The Kier molecular flexibility index (Phi) is 4.16. The molecule has 0 spiro atoms. The van der Waals surface area contributed by atoms with Crippen molar-refractivity contribution >= 4 is 44.4 Å². The zero-order chi connectivity index (χ0) is 16.6. The molecule has 7 heteroatoms. The minimum atomic E-state index is -1.15. The second-order valence-corrected chi connectivity index (χ2v) is 7.78. The molecule has 0 saturated heterocycles. The first kappa shape index (κ1) is 16.0. The third-order valence-electron chi connectivity index (χ3n) is 3.44. The summed E-state index contributed by atoms with van der Waals surface area (Å²) in [5.74, 6) is -1.15. The summed E-state index contributed by atoms with van der Waals surface area (Å²) in [7, 11) is 0. The van der Waals surface area contributed by atoms with Crippen LogP contribution in [0.5, 0.6) is 0 Å². The van der Waals surface area contributed by atoms with Crippen LogP contribution in [0.1, 0.15) is 13.8 Å². The van der Waals surface area contributed by atoms with E-state index < -0.39 is 10.7 Å². The van der Waals surface area contributed by atoms with Crippen LogP contribution in [-0.4, -0.2) is 25.5 Å². The number of aromatic nitrogens is 3. The van der Waals surface area contributed by atoms with Gasteiger partial charge in [-0.25, -0.2) is 0 Å². The maximum atomic E-state index is 11.3. The number of hydrogen-bond acceptors (Lipinski definition) is 5. The van der Waals surface area contributed by atoms with Gasteiger partial charge in [-0.3, -0.25) is 4.57 Å². The number of rotatable bonds is 4. The predicted octanol–water partition coefficient (Wildman–Crippen LogP) is 2.80. The topological polar surface area (TPSA) is 70.8 Å². The molecule has 23 heavy (non-hydrogen) atoms. The molecule has 0 bridgehead atoms. The Morgan fingerprint density at radius 3 is 2.61 bits per heavy atom. The molecule has 118 valence electrons. The van der Waals surface area contributed by atoms with E-state index in [-0.39, 0.29) is 0 Å². The Balaban J connectivity index is 2.17. The molecule has 2 aromatic carbocycles. The molecule has 0 N–H and O–H groups in total. The first-order valence-electron chi connectivity index (χ1n) is 6.89. The number of halogens is 1. The normalized spacial score (nSPS) is 11.8. The maximum absolute atomic E-state index is 11.3. The highest BCUT2D eigenvalue weighted by Crippen LogP contribution is 2.35. The third kappa shape index (κ3) is 2.98. The van der Waals surface area contributed by atoms with E-state index in [0.717, 1.165) is 28.2 Å². The summed E-state index contributed by atoms with van der Waals surface area (Å²) in [5.41, 5.74) is 0.886. The number of aliphatic carboxylic acids is 1. The molecule has 0 aliphatic carbocycles. The van der Waals surface area contributed by atoms with Crippen LogP contribution in [-0.2, 0) is 4.79 Å². The number of carboxylic acid groups (broad SMARTS) is 1. The van der Waals surface area contributed by atoms with Crippen molar-refractivity contribution in [1.82, 2.24) is 14.8 Å². The molecule has 1 heterocycles. The lowest BCUT2D eigenvalue weighted by Crippen LogP contribution is -2.41. The fraction of sp³-hybridized carbons (Fsp3) is 0.188. The number of fused-ring (bicyclic) bond motifs is 1. The van der Waals surface area contributed by atoms with Gasteiger partial charge < -0.3 is 9.90 Å². The standard InChI is InChI=1S/C16H14BrN3O2S/c1-16(2,13(21)22)23-15-19-18-14(17)20(15)12-9-5-7-10-6-3-4-8-11(10)12/h3-9H,1-2H3,(H,21,22)/p-1. The van der Waals surface area contributed by atoms with Gasteiger partial charge in [-0.1, -0.05) is 48.2 Å². The molecule has 0 aliphatic rings. The van der Waals surface area contributed by atoms with Crippen molar-refractivity contribution in [2.45, 2.75) is 23.8 Å². The zero-order valence-corrected chi connectivity index (χ0v) is 14.9. The fourth-order valence-corrected chi connectivity index (χ4v) is 3.65. The Morgan fingerprint density at radius 2 is 1.87 bits per heavy atom. The SMILES string of the molecule is CC(C)(Sc1nnc(Br)n1-c1cccc2ccccc12)C(=O)[O-]. The largest absolute Gasteiger partial charge is 0.549 e. The molecular formula is C16H13BrN3O2S-. The second-order valence-electron chi connectivity index (χ2n) is 5.49. The molecule has 3 aromatic rings. The van der Waals surface area contributed by atoms with Crippen LogP contribution < -0.4 is 5.11 Å². The van der Waals surface area contributed by atoms with Crippen molar-refractivity contribution in [3.8, 4) is 5.69 Å². The summed E-state index contributed by atoms with van der Waals surface area (Å²) in [6, 6.07) is 13.9. The molecule has 5 nitrogen and oxygen atoms in total. The molecule has 0 saturated carbocycles. The van der Waals surface area contributed by atoms with Crippen LogP contribution in [0.3, 0.4) is 0 Å². The highest BCUT2D eigenvalue weighted by atomic mass is 79.9. The summed E-state index contributed by atoms with van der Waals surface area (Å²) in [4.78, 5) is 11.3. The Morgan fingerprint density at radius 1 is 1.17 bits per heavy atom.